The van der Waals surface area contributed by atoms with Crippen molar-refractivity contribution >= 4 is 23.3 Å². The van der Waals surface area contributed by atoms with Crippen LogP contribution in [0.2, 0.25) is 5.02 Å². The molecule has 2 heterocycles. The zero-order valence-corrected chi connectivity index (χ0v) is 15.3. The number of amides is 1. The van der Waals surface area contributed by atoms with E-state index < -0.39 is 17.7 Å². The van der Waals surface area contributed by atoms with Gasteiger partial charge in [0.2, 0.25) is 0 Å². The lowest BCUT2D eigenvalue weighted by molar-refractivity contribution is -0.130. The van der Waals surface area contributed by atoms with Gasteiger partial charge in [0.1, 0.15) is 0 Å². The molecular formula is C20H19ClN2O3. The molecule has 1 aromatic heterocycles. The minimum atomic E-state index is -0.658. The summed E-state index contributed by atoms with van der Waals surface area (Å²) in [6, 6.07) is 9.91. The number of rotatable bonds is 5. The maximum absolute atomic E-state index is 12.7. The highest BCUT2D eigenvalue weighted by Gasteiger charge is 2.43. The lowest BCUT2D eigenvalue weighted by Gasteiger charge is -2.27. The molecular weight excluding hydrogens is 352 g/mol. The van der Waals surface area contributed by atoms with E-state index in [2.05, 4.69) is 4.98 Å². The van der Waals surface area contributed by atoms with Gasteiger partial charge < -0.3 is 10.0 Å². The first-order valence-electron chi connectivity index (χ1n) is 8.32. The molecule has 0 radical (unpaired) electrons. The SMILES string of the molecule is CC(C)C(=O)C1=C(O)C(=O)N(Cc2cccnc2)C1c1ccc(Cl)cc1. The summed E-state index contributed by atoms with van der Waals surface area (Å²) < 4.78 is 0. The number of hydrogen-bond donors (Lipinski definition) is 1. The van der Waals surface area contributed by atoms with Crippen molar-refractivity contribution < 1.29 is 14.7 Å². The van der Waals surface area contributed by atoms with Gasteiger partial charge in [-0.2, -0.15) is 0 Å². The highest BCUT2D eigenvalue weighted by molar-refractivity contribution is 6.30. The summed E-state index contributed by atoms with van der Waals surface area (Å²) in [5, 5.41) is 11.0. The first-order chi connectivity index (χ1) is 12.4. The largest absolute Gasteiger partial charge is 0.503 e. The molecule has 6 heteroatoms. The van der Waals surface area contributed by atoms with Crippen molar-refractivity contribution in [1.29, 1.82) is 0 Å². The van der Waals surface area contributed by atoms with Crippen LogP contribution in [0.5, 0.6) is 0 Å². The number of nitrogens with zero attached hydrogens (tertiary/aromatic N) is 2. The fraction of sp³-hybridized carbons (Fsp3) is 0.250. The Bertz CT molecular complexity index is 860. The predicted octanol–water partition coefficient (Wildman–Crippen LogP) is 3.86. The number of aromatic nitrogens is 1. The molecule has 26 heavy (non-hydrogen) atoms. The Morgan fingerprint density at radius 3 is 2.54 bits per heavy atom. The minimum Gasteiger partial charge on any atom is -0.503 e. The van der Waals surface area contributed by atoms with Crippen LogP contribution in [-0.2, 0) is 16.1 Å². The maximum Gasteiger partial charge on any atom is 0.290 e. The van der Waals surface area contributed by atoms with Crippen molar-refractivity contribution in [1.82, 2.24) is 9.88 Å². The number of aliphatic hydroxyl groups is 1. The zero-order chi connectivity index (χ0) is 18.8. The smallest absolute Gasteiger partial charge is 0.290 e. The van der Waals surface area contributed by atoms with Crippen LogP contribution in [-0.4, -0.2) is 26.7 Å². The average Bonchev–Trinajstić information content (AvgIpc) is 2.87. The molecule has 1 atom stereocenters. The average molecular weight is 371 g/mol. The number of carbonyl (C=O) groups is 2. The van der Waals surface area contributed by atoms with Crippen molar-refractivity contribution in [2.24, 2.45) is 5.92 Å². The van der Waals surface area contributed by atoms with Gasteiger partial charge in [0.25, 0.3) is 5.91 Å². The molecule has 5 nitrogen and oxygen atoms in total. The maximum atomic E-state index is 12.7. The lowest BCUT2D eigenvalue weighted by Crippen LogP contribution is -2.31. The zero-order valence-electron chi connectivity index (χ0n) is 14.5. The van der Waals surface area contributed by atoms with Gasteiger partial charge in [-0.1, -0.05) is 43.6 Å². The first kappa shape index (κ1) is 18.1. The van der Waals surface area contributed by atoms with Crippen LogP contribution in [0.1, 0.15) is 31.0 Å². The number of hydrogen-bond acceptors (Lipinski definition) is 4. The van der Waals surface area contributed by atoms with Crippen molar-refractivity contribution in [2.45, 2.75) is 26.4 Å². The Labute approximate surface area is 156 Å². The van der Waals surface area contributed by atoms with Crippen LogP contribution < -0.4 is 0 Å². The molecule has 1 aliphatic rings. The number of carbonyl (C=O) groups excluding carboxylic acids is 2. The Balaban J connectivity index is 2.07. The lowest BCUT2D eigenvalue weighted by atomic mass is 9.91. The van der Waals surface area contributed by atoms with Crippen LogP contribution in [0.25, 0.3) is 0 Å². The topological polar surface area (TPSA) is 70.5 Å². The number of halogens is 1. The van der Waals surface area contributed by atoms with Gasteiger partial charge in [0, 0.05) is 29.9 Å². The van der Waals surface area contributed by atoms with Crippen LogP contribution in [0.4, 0.5) is 0 Å². The van der Waals surface area contributed by atoms with Gasteiger partial charge in [-0.05, 0) is 29.3 Å². The molecule has 1 aromatic carbocycles. The fourth-order valence-corrected chi connectivity index (χ4v) is 3.19. The van der Waals surface area contributed by atoms with E-state index in [9.17, 15) is 14.7 Å². The summed E-state index contributed by atoms with van der Waals surface area (Å²) in [5.74, 6) is -1.62. The number of ketones is 1. The van der Waals surface area contributed by atoms with Crippen LogP contribution in [0.3, 0.4) is 0 Å². The van der Waals surface area contributed by atoms with E-state index in [1.54, 1.807) is 56.6 Å². The van der Waals surface area contributed by atoms with Crippen molar-refractivity contribution in [2.75, 3.05) is 0 Å². The molecule has 1 aliphatic heterocycles. The molecule has 1 unspecified atom stereocenters. The molecule has 0 bridgehead atoms. The molecule has 0 spiro atoms. The van der Waals surface area contributed by atoms with E-state index in [4.69, 9.17) is 11.6 Å². The molecule has 0 aliphatic carbocycles. The van der Waals surface area contributed by atoms with E-state index in [1.807, 2.05) is 6.07 Å². The molecule has 1 N–H and O–H groups in total. The predicted molar refractivity (Wildman–Crippen MR) is 98.5 cm³/mol. The van der Waals surface area contributed by atoms with Gasteiger partial charge in [-0.15, -0.1) is 0 Å². The van der Waals surface area contributed by atoms with Crippen molar-refractivity contribution in [3.05, 3.63) is 76.3 Å². The third kappa shape index (κ3) is 3.35. The quantitative estimate of drug-likeness (QED) is 0.867. The highest BCUT2D eigenvalue weighted by Crippen LogP contribution is 2.40. The molecule has 0 fully saturated rings. The second-order valence-corrected chi connectivity index (χ2v) is 6.97. The van der Waals surface area contributed by atoms with Gasteiger partial charge in [-0.3, -0.25) is 14.6 Å². The van der Waals surface area contributed by atoms with Gasteiger partial charge in [-0.25, -0.2) is 0 Å². The van der Waals surface area contributed by atoms with Crippen molar-refractivity contribution in [3.63, 3.8) is 0 Å². The Morgan fingerprint density at radius 2 is 1.96 bits per heavy atom. The molecule has 0 saturated heterocycles. The number of Topliss-reactive ketones (excluding diaryl/α,β-unsaturated/α-hetero) is 1. The fourth-order valence-electron chi connectivity index (χ4n) is 3.06. The molecule has 0 saturated carbocycles. The molecule has 2 aromatic rings. The summed E-state index contributed by atoms with van der Waals surface area (Å²) >= 11 is 5.97. The summed E-state index contributed by atoms with van der Waals surface area (Å²) in [5.41, 5.74) is 1.67. The second kappa shape index (κ2) is 7.30. The Kier molecular flexibility index (Phi) is 5.09. The van der Waals surface area contributed by atoms with E-state index >= 15 is 0 Å². The minimum absolute atomic E-state index is 0.135. The summed E-state index contributed by atoms with van der Waals surface area (Å²) in [4.78, 5) is 31.0. The van der Waals surface area contributed by atoms with Crippen LogP contribution in [0.15, 0.2) is 60.1 Å². The van der Waals surface area contributed by atoms with E-state index in [0.717, 1.165) is 11.1 Å². The standard InChI is InChI=1S/C20H19ClN2O3/c1-12(2)18(24)16-17(14-5-7-15(21)8-6-14)23(20(26)19(16)25)11-13-4-3-9-22-10-13/h3-10,12,17,25H,11H2,1-2H3. The van der Waals surface area contributed by atoms with Crippen molar-refractivity contribution in [3.8, 4) is 0 Å². The van der Waals surface area contributed by atoms with Gasteiger partial charge in [0.15, 0.2) is 11.5 Å². The number of benzene rings is 1. The third-order valence-electron chi connectivity index (χ3n) is 4.35. The highest BCUT2D eigenvalue weighted by atomic mass is 35.5. The van der Waals surface area contributed by atoms with E-state index in [-0.39, 0.29) is 23.8 Å². The summed E-state index contributed by atoms with van der Waals surface area (Å²) in [6.07, 6.45) is 3.31. The number of aliphatic hydroxyl groups excluding tert-OH is 1. The van der Waals surface area contributed by atoms with Gasteiger partial charge >= 0.3 is 0 Å². The monoisotopic (exact) mass is 370 g/mol. The first-order valence-corrected chi connectivity index (χ1v) is 8.70. The molecule has 3 rings (SSSR count). The molecule has 134 valence electrons. The summed E-state index contributed by atoms with van der Waals surface area (Å²) in [6.45, 7) is 3.73. The van der Waals surface area contributed by atoms with Gasteiger partial charge in [0.05, 0.1) is 11.6 Å². The van der Waals surface area contributed by atoms with Crippen LogP contribution in [0, 0.1) is 5.92 Å². The summed E-state index contributed by atoms with van der Waals surface area (Å²) in [7, 11) is 0. The normalized spacial score (nSPS) is 17.3. The van der Waals surface area contributed by atoms with E-state index in [1.165, 1.54) is 4.90 Å². The Hall–Kier alpha value is -2.66. The second-order valence-electron chi connectivity index (χ2n) is 6.53. The van der Waals surface area contributed by atoms with E-state index in [0.29, 0.717) is 5.02 Å². The van der Waals surface area contributed by atoms with Crippen LogP contribution >= 0.6 is 11.6 Å². The Morgan fingerprint density at radius 1 is 1.27 bits per heavy atom. The third-order valence-corrected chi connectivity index (χ3v) is 4.61. The molecule has 1 amide bonds. The number of pyridine rings is 1.